The van der Waals surface area contributed by atoms with Crippen molar-refractivity contribution < 1.29 is 0 Å². The molecule has 1 nitrogen and oxygen atoms in total. The van der Waals surface area contributed by atoms with Crippen LogP contribution in [0.2, 0.25) is 0 Å². The largest absolute Gasteiger partial charge is 0.316 e. The normalized spacial score (nSPS) is 28.9. The van der Waals surface area contributed by atoms with Crippen LogP contribution in [-0.2, 0) is 0 Å². The zero-order valence-electron chi connectivity index (χ0n) is 11.7. The molecule has 3 atom stereocenters. The molecule has 98 valence electrons. The Morgan fingerprint density at radius 2 is 2.06 bits per heavy atom. The van der Waals surface area contributed by atoms with Crippen LogP contribution >= 0.6 is 0 Å². The Kier molecular flexibility index (Phi) is 7.37. The Labute approximate surface area is 108 Å². The molecule has 1 aliphatic carbocycles. The summed E-state index contributed by atoms with van der Waals surface area (Å²) in [7, 11) is 0. The molecular formula is C16H29N. The summed E-state index contributed by atoms with van der Waals surface area (Å²) in [5.74, 6) is 5.52. The molecule has 17 heavy (non-hydrogen) atoms. The molecule has 1 saturated carbocycles. The SMILES string of the molecule is C#CCCC1CC(CC)CCC1CNCCC. The molecule has 0 aliphatic heterocycles. The van der Waals surface area contributed by atoms with E-state index in [0.717, 1.165) is 30.7 Å². The Hall–Kier alpha value is -0.480. The van der Waals surface area contributed by atoms with Gasteiger partial charge in [-0.15, -0.1) is 12.3 Å². The van der Waals surface area contributed by atoms with Crippen LogP contribution in [0.5, 0.6) is 0 Å². The molecule has 1 aliphatic rings. The first-order chi connectivity index (χ1) is 8.31. The first kappa shape index (κ1) is 14.6. The fraction of sp³-hybridized carbons (Fsp3) is 0.875. The summed E-state index contributed by atoms with van der Waals surface area (Å²) in [5, 5.41) is 3.59. The molecule has 1 fully saturated rings. The van der Waals surface area contributed by atoms with Crippen molar-refractivity contribution in [2.24, 2.45) is 17.8 Å². The van der Waals surface area contributed by atoms with Crippen LogP contribution in [0.15, 0.2) is 0 Å². The van der Waals surface area contributed by atoms with Gasteiger partial charge in [-0.25, -0.2) is 0 Å². The van der Waals surface area contributed by atoms with E-state index < -0.39 is 0 Å². The molecule has 0 saturated heterocycles. The van der Waals surface area contributed by atoms with Gasteiger partial charge in [-0.1, -0.05) is 26.7 Å². The van der Waals surface area contributed by atoms with Crippen LogP contribution in [0.25, 0.3) is 0 Å². The number of terminal acetylenes is 1. The fourth-order valence-electron chi connectivity index (χ4n) is 3.15. The minimum absolute atomic E-state index is 0.870. The lowest BCUT2D eigenvalue weighted by Crippen LogP contribution is -2.33. The lowest BCUT2D eigenvalue weighted by molar-refractivity contribution is 0.164. The van der Waals surface area contributed by atoms with Crippen molar-refractivity contribution in [2.45, 2.75) is 58.8 Å². The maximum atomic E-state index is 5.41. The maximum Gasteiger partial charge on any atom is 0.00888 e. The van der Waals surface area contributed by atoms with E-state index in [2.05, 4.69) is 25.1 Å². The topological polar surface area (TPSA) is 12.0 Å². The van der Waals surface area contributed by atoms with Crippen molar-refractivity contribution in [1.29, 1.82) is 0 Å². The molecule has 1 rings (SSSR count). The minimum atomic E-state index is 0.870. The van der Waals surface area contributed by atoms with Crippen LogP contribution in [-0.4, -0.2) is 13.1 Å². The molecule has 0 aromatic rings. The maximum absolute atomic E-state index is 5.41. The molecule has 0 aromatic carbocycles. The van der Waals surface area contributed by atoms with Gasteiger partial charge in [0.25, 0.3) is 0 Å². The van der Waals surface area contributed by atoms with Crippen LogP contribution in [0.1, 0.15) is 58.8 Å². The van der Waals surface area contributed by atoms with E-state index in [9.17, 15) is 0 Å². The lowest BCUT2D eigenvalue weighted by atomic mass is 9.71. The smallest absolute Gasteiger partial charge is 0.00888 e. The van der Waals surface area contributed by atoms with Gasteiger partial charge in [-0.3, -0.25) is 0 Å². The minimum Gasteiger partial charge on any atom is -0.316 e. The summed E-state index contributed by atoms with van der Waals surface area (Å²) in [6, 6.07) is 0. The van der Waals surface area contributed by atoms with Crippen LogP contribution < -0.4 is 5.32 Å². The van der Waals surface area contributed by atoms with Gasteiger partial charge in [0.1, 0.15) is 0 Å². The second-order valence-electron chi connectivity index (χ2n) is 5.55. The first-order valence-corrected chi connectivity index (χ1v) is 7.45. The van der Waals surface area contributed by atoms with E-state index in [4.69, 9.17) is 6.42 Å². The lowest BCUT2D eigenvalue weighted by Gasteiger charge is -2.36. The van der Waals surface area contributed by atoms with Gasteiger partial charge < -0.3 is 5.32 Å². The highest BCUT2D eigenvalue weighted by Gasteiger charge is 2.28. The predicted molar refractivity (Wildman–Crippen MR) is 75.8 cm³/mol. The zero-order valence-corrected chi connectivity index (χ0v) is 11.7. The molecular weight excluding hydrogens is 206 g/mol. The molecule has 0 bridgehead atoms. The van der Waals surface area contributed by atoms with Gasteiger partial charge in [-0.05, 0) is 56.5 Å². The molecule has 1 N–H and O–H groups in total. The zero-order chi connectivity index (χ0) is 12.5. The highest BCUT2D eigenvalue weighted by molar-refractivity contribution is 4.88. The van der Waals surface area contributed by atoms with Crippen molar-refractivity contribution in [3.63, 3.8) is 0 Å². The number of nitrogens with one attached hydrogen (secondary N) is 1. The second kappa shape index (κ2) is 8.59. The van der Waals surface area contributed by atoms with E-state index in [1.807, 2.05) is 0 Å². The molecule has 1 heteroatoms. The van der Waals surface area contributed by atoms with Gasteiger partial charge in [0.15, 0.2) is 0 Å². The van der Waals surface area contributed by atoms with Crippen molar-refractivity contribution in [2.75, 3.05) is 13.1 Å². The Morgan fingerprint density at radius 1 is 1.24 bits per heavy atom. The summed E-state index contributed by atoms with van der Waals surface area (Å²) >= 11 is 0. The molecule has 0 amide bonds. The van der Waals surface area contributed by atoms with E-state index in [1.165, 1.54) is 45.1 Å². The molecule has 3 unspecified atom stereocenters. The van der Waals surface area contributed by atoms with Crippen LogP contribution in [0, 0.1) is 30.1 Å². The third kappa shape index (κ3) is 5.13. The monoisotopic (exact) mass is 235 g/mol. The third-order valence-corrected chi connectivity index (χ3v) is 4.32. The van der Waals surface area contributed by atoms with Crippen molar-refractivity contribution in [3.8, 4) is 12.3 Å². The number of rotatable bonds is 7. The van der Waals surface area contributed by atoms with E-state index in [0.29, 0.717) is 0 Å². The van der Waals surface area contributed by atoms with Gasteiger partial charge in [0, 0.05) is 6.42 Å². The van der Waals surface area contributed by atoms with Crippen LogP contribution in [0.3, 0.4) is 0 Å². The average molecular weight is 235 g/mol. The van der Waals surface area contributed by atoms with Gasteiger partial charge in [-0.2, -0.15) is 0 Å². The molecule has 0 radical (unpaired) electrons. The van der Waals surface area contributed by atoms with Crippen molar-refractivity contribution in [1.82, 2.24) is 5.32 Å². The fourth-order valence-corrected chi connectivity index (χ4v) is 3.15. The predicted octanol–water partition coefficient (Wildman–Crippen LogP) is 3.84. The van der Waals surface area contributed by atoms with Crippen LogP contribution in [0.4, 0.5) is 0 Å². The summed E-state index contributed by atoms with van der Waals surface area (Å²) in [6.07, 6.45) is 14.5. The summed E-state index contributed by atoms with van der Waals surface area (Å²) in [6.45, 7) is 6.93. The Bertz CT molecular complexity index is 226. The number of hydrogen-bond donors (Lipinski definition) is 1. The standard InChI is InChI=1S/C16H29N/c1-4-7-8-15-12-14(6-3)9-10-16(15)13-17-11-5-2/h1,14-17H,5-13H2,2-3H3. The summed E-state index contributed by atoms with van der Waals surface area (Å²) in [4.78, 5) is 0. The number of hydrogen-bond acceptors (Lipinski definition) is 1. The van der Waals surface area contributed by atoms with E-state index >= 15 is 0 Å². The average Bonchev–Trinajstić information content (AvgIpc) is 2.37. The van der Waals surface area contributed by atoms with Crippen molar-refractivity contribution >= 4 is 0 Å². The summed E-state index contributed by atoms with van der Waals surface area (Å²) in [5.41, 5.74) is 0. The molecule has 0 aromatic heterocycles. The van der Waals surface area contributed by atoms with Gasteiger partial charge in [0.2, 0.25) is 0 Å². The molecule has 0 spiro atoms. The first-order valence-electron chi connectivity index (χ1n) is 7.45. The van der Waals surface area contributed by atoms with E-state index in [1.54, 1.807) is 0 Å². The highest BCUT2D eigenvalue weighted by atomic mass is 14.9. The van der Waals surface area contributed by atoms with Gasteiger partial charge in [0.05, 0.1) is 0 Å². The quantitative estimate of drug-likeness (QED) is 0.522. The molecule has 0 heterocycles. The third-order valence-electron chi connectivity index (χ3n) is 4.32. The Morgan fingerprint density at radius 3 is 2.71 bits per heavy atom. The Balaban J connectivity index is 2.39. The second-order valence-corrected chi connectivity index (χ2v) is 5.55. The summed E-state index contributed by atoms with van der Waals surface area (Å²) < 4.78 is 0. The van der Waals surface area contributed by atoms with Gasteiger partial charge >= 0.3 is 0 Å². The van der Waals surface area contributed by atoms with Crippen molar-refractivity contribution in [3.05, 3.63) is 0 Å². The highest BCUT2D eigenvalue weighted by Crippen LogP contribution is 2.37. The van der Waals surface area contributed by atoms with E-state index in [-0.39, 0.29) is 0 Å².